The maximum absolute atomic E-state index is 12.1. The minimum Gasteiger partial charge on any atom is -0.316 e. The van der Waals surface area contributed by atoms with Crippen LogP contribution in [0.3, 0.4) is 0 Å². The Balaban J connectivity index is 2.54. The lowest BCUT2D eigenvalue weighted by Gasteiger charge is -2.12. The third-order valence-electron chi connectivity index (χ3n) is 2.97. The zero-order valence-corrected chi connectivity index (χ0v) is 11.9. The quantitative estimate of drug-likeness (QED) is 0.704. The number of hydrogen-bond acceptors (Lipinski definition) is 4. The van der Waals surface area contributed by atoms with Crippen molar-refractivity contribution in [2.45, 2.75) is 31.2 Å². The van der Waals surface area contributed by atoms with E-state index in [2.05, 4.69) is 14.7 Å². The minimum atomic E-state index is -3.65. The molecule has 1 aromatic heterocycles. The third-order valence-corrected chi connectivity index (χ3v) is 4.56. The molecular formula is C12H15N3O4S. The van der Waals surface area contributed by atoms with E-state index in [0.717, 1.165) is 0 Å². The maximum Gasteiger partial charge on any atom is 0.314 e. The van der Waals surface area contributed by atoms with Crippen LogP contribution in [0.1, 0.15) is 20.3 Å². The predicted molar refractivity (Wildman–Crippen MR) is 75.3 cm³/mol. The van der Waals surface area contributed by atoms with Crippen LogP contribution in [0.4, 0.5) is 0 Å². The van der Waals surface area contributed by atoms with Crippen LogP contribution in [0.5, 0.6) is 0 Å². The first-order valence-electron chi connectivity index (χ1n) is 6.12. The van der Waals surface area contributed by atoms with Crippen molar-refractivity contribution in [2.24, 2.45) is 0 Å². The maximum atomic E-state index is 12.1. The van der Waals surface area contributed by atoms with Gasteiger partial charge in [-0.05, 0) is 31.5 Å². The van der Waals surface area contributed by atoms with Crippen molar-refractivity contribution >= 4 is 21.1 Å². The van der Waals surface area contributed by atoms with Gasteiger partial charge in [-0.1, -0.05) is 6.92 Å². The Morgan fingerprint density at radius 3 is 2.35 bits per heavy atom. The summed E-state index contributed by atoms with van der Waals surface area (Å²) in [5.41, 5.74) is -0.952. The molecule has 7 nitrogen and oxygen atoms in total. The summed E-state index contributed by atoms with van der Waals surface area (Å²) in [6.07, 6.45) is 0.664. The zero-order chi connectivity index (χ0) is 14.9. The Morgan fingerprint density at radius 1 is 1.15 bits per heavy atom. The summed E-state index contributed by atoms with van der Waals surface area (Å²) < 4.78 is 26.8. The molecule has 0 bridgehead atoms. The molecule has 0 fully saturated rings. The van der Waals surface area contributed by atoms with Crippen LogP contribution >= 0.6 is 0 Å². The molecular weight excluding hydrogens is 282 g/mol. The molecule has 0 saturated heterocycles. The van der Waals surface area contributed by atoms with Crippen LogP contribution in [0.2, 0.25) is 0 Å². The van der Waals surface area contributed by atoms with E-state index in [1.54, 1.807) is 6.92 Å². The average Bonchev–Trinajstić information content (AvgIpc) is 2.39. The van der Waals surface area contributed by atoms with Crippen LogP contribution in [0, 0.1) is 0 Å². The molecule has 0 spiro atoms. The number of sulfonamides is 1. The Bertz CT molecular complexity index is 851. The van der Waals surface area contributed by atoms with Gasteiger partial charge in [0.2, 0.25) is 10.0 Å². The SMILES string of the molecule is CC[C@H](C)NS(=O)(=O)c1ccc2[nH]c(=O)c(=O)[nH]c2c1. The number of aromatic nitrogens is 2. The number of fused-ring (bicyclic) bond motifs is 1. The van der Waals surface area contributed by atoms with Gasteiger partial charge in [0.05, 0.1) is 15.9 Å². The van der Waals surface area contributed by atoms with E-state index in [-0.39, 0.29) is 16.5 Å². The molecule has 0 radical (unpaired) electrons. The lowest BCUT2D eigenvalue weighted by molar-refractivity contribution is 0.556. The monoisotopic (exact) mass is 297 g/mol. The number of hydrogen-bond donors (Lipinski definition) is 3. The van der Waals surface area contributed by atoms with E-state index in [1.807, 2.05) is 6.92 Å². The summed E-state index contributed by atoms with van der Waals surface area (Å²) in [5.74, 6) is 0. The number of nitrogens with one attached hydrogen (secondary N) is 3. The summed E-state index contributed by atoms with van der Waals surface area (Å²) in [7, 11) is -3.65. The highest BCUT2D eigenvalue weighted by Crippen LogP contribution is 2.14. The predicted octanol–water partition coefficient (Wildman–Crippen LogP) is 0.293. The normalized spacial score (nSPS) is 13.5. The highest BCUT2D eigenvalue weighted by atomic mass is 32.2. The van der Waals surface area contributed by atoms with Gasteiger partial charge in [0.25, 0.3) is 0 Å². The number of rotatable bonds is 4. The smallest absolute Gasteiger partial charge is 0.314 e. The molecule has 0 saturated carbocycles. The van der Waals surface area contributed by atoms with Crippen molar-refractivity contribution in [3.8, 4) is 0 Å². The molecule has 0 amide bonds. The van der Waals surface area contributed by atoms with Gasteiger partial charge < -0.3 is 9.97 Å². The average molecular weight is 297 g/mol. The molecule has 1 atom stereocenters. The molecule has 0 aliphatic rings. The summed E-state index contributed by atoms with van der Waals surface area (Å²) in [6, 6.07) is 3.95. The molecule has 2 rings (SSSR count). The van der Waals surface area contributed by atoms with Crippen LogP contribution in [0.15, 0.2) is 32.7 Å². The van der Waals surface area contributed by atoms with Crippen LogP contribution < -0.4 is 15.8 Å². The molecule has 3 N–H and O–H groups in total. The standard InChI is InChI=1S/C12H15N3O4S/c1-3-7(2)15-20(18,19)8-4-5-9-10(6-8)14-12(17)11(16)13-9/h4-7,15H,3H2,1-2H3,(H,13,16)(H,14,17)/t7-/m0/s1. The fourth-order valence-corrected chi connectivity index (χ4v) is 3.03. The minimum absolute atomic E-state index is 0.0352. The van der Waals surface area contributed by atoms with Crippen molar-refractivity contribution < 1.29 is 8.42 Å². The lowest BCUT2D eigenvalue weighted by Crippen LogP contribution is -2.32. The first-order valence-corrected chi connectivity index (χ1v) is 7.60. The van der Waals surface area contributed by atoms with Gasteiger partial charge in [0, 0.05) is 6.04 Å². The van der Waals surface area contributed by atoms with Crippen molar-refractivity contribution in [1.82, 2.24) is 14.7 Å². The second-order valence-corrected chi connectivity index (χ2v) is 6.26. The zero-order valence-electron chi connectivity index (χ0n) is 11.1. The van der Waals surface area contributed by atoms with E-state index >= 15 is 0 Å². The highest BCUT2D eigenvalue weighted by molar-refractivity contribution is 7.89. The highest BCUT2D eigenvalue weighted by Gasteiger charge is 2.17. The van der Waals surface area contributed by atoms with Gasteiger partial charge in [0.15, 0.2) is 0 Å². The topological polar surface area (TPSA) is 112 Å². The van der Waals surface area contributed by atoms with Gasteiger partial charge in [-0.15, -0.1) is 0 Å². The molecule has 2 aromatic rings. The molecule has 20 heavy (non-hydrogen) atoms. The summed E-state index contributed by atoms with van der Waals surface area (Å²) >= 11 is 0. The Hall–Kier alpha value is -1.93. The molecule has 1 heterocycles. The first-order chi connectivity index (χ1) is 9.33. The van der Waals surface area contributed by atoms with Crippen molar-refractivity contribution in [3.05, 3.63) is 38.9 Å². The Kier molecular flexibility index (Phi) is 3.78. The van der Waals surface area contributed by atoms with Gasteiger partial charge in [0.1, 0.15) is 0 Å². The molecule has 8 heteroatoms. The van der Waals surface area contributed by atoms with Crippen molar-refractivity contribution in [2.75, 3.05) is 0 Å². The van der Waals surface area contributed by atoms with Crippen molar-refractivity contribution in [3.63, 3.8) is 0 Å². The molecule has 0 aliphatic heterocycles. The van der Waals surface area contributed by atoms with E-state index in [4.69, 9.17) is 0 Å². The van der Waals surface area contributed by atoms with Crippen LogP contribution in [-0.4, -0.2) is 24.4 Å². The van der Waals surface area contributed by atoms with Gasteiger partial charge in [-0.3, -0.25) is 9.59 Å². The van der Waals surface area contributed by atoms with Gasteiger partial charge in [-0.25, -0.2) is 13.1 Å². The van der Waals surface area contributed by atoms with E-state index in [0.29, 0.717) is 11.9 Å². The fourth-order valence-electron chi connectivity index (χ4n) is 1.68. The molecule has 108 valence electrons. The Labute approximate surface area is 115 Å². The summed E-state index contributed by atoms with van der Waals surface area (Å²) in [6.45, 7) is 3.63. The van der Waals surface area contributed by atoms with Crippen molar-refractivity contribution in [1.29, 1.82) is 0 Å². The molecule has 0 unspecified atom stereocenters. The third kappa shape index (κ3) is 2.81. The van der Waals surface area contributed by atoms with Crippen LogP contribution in [-0.2, 0) is 10.0 Å². The van der Waals surface area contributed by atoms with E-state index < -0.39 is 21.1 Å². The fraction of sp³-hybridized carbons (Fsp3) is 0.333. The molecule has 0 aliphatic carbocycles. The second kappa shape index (κ2) is 5.22. The van der Waals surface area contributed by atoms with Gasteiger partial charge in [-0.2, -0.15) is 0 Å². The number of H-pyrrole nitrogens is 2. The number of benzene rings is 1. The molecule has 1 aromatic carbocycles. The summed E-state index contributed by atoms with van der Waals surface area (Å²) in [4.78, 5) is 27.2. The summed E-state index contributed by atoms with van der Waals surface area (Å²) in [5, 5.41) is 0. The van der Waals surface area contributed by atoms with E-state index in [1.165, 1.54) is 18.2 Å². The lowest BCUT2D eigenvalue weighted by atomic mass is 10.3. The largest absolute Gasteiger partial charge is 0.316 e. The number of aromatic amines is 2. The van der Waals surface area contributed by atoms with Crippen LogP contribution in [0.25, 0.3) is 11.0 Å². The first kappa shape index (κ1) is 14.5. The van der Waals surface area contributed by atoms with Gasteiger partial charge >= 0.3 is 11.1 Å². The van der Waals surface area contributed by atoms with E-state index in [9.17, 15) is 18.0 Å². The Morgan fingerprint density at radius 2 is 1.75 bits per heavy atom. The second-order valence-electron chi connectivity index (χ2n) is 4.55.